The van der Waals surface area contributed by atoms with Crippen molar-refractivity contribution in [2.45, 2.75) is 19.1 Å². The third kappa shape index (κ3) is 2.45. The molecule has 2 aromatic rings. The fraction of sp³-hybridized carbons (Fsp3) is 0.333. The minimum absolute atomic E-state index is 0.235. The number of nitrogens with one attached hydrogen (secondary N) is 1. The van der Waals surface area contributed by atoms with E-state index in [9.17, 15) is 0 Å². The second-order valence-corrected chi connectivity index (χ2v) is 4.69. The van der Waals surface area contributed by atoms with E-state index in [1.54, 1.807) is 0 Å². The summed E-state index contributed by atoms with van der Waals surface area (Å²) in [6, 6.07) is 8.22. The number of aromatic nitrogens is 2. The molecule has 1 atom stereocenters. The molecule has 4 nitrogen and oxygen atoms in total. The van der Waals surface area contributed by atoms with E-state index in [0.29, 0.717) is 0 Å². The van der Waals surface area contributed by atoms with Crippen LogP contribution in [0.25, 0.3) is 0 Å². The summed E-state index contributed by atoms with van der Waals surface area (Å²) in [5, 5.41) is 9.28. The quantitative estimate of drug-likeness (QED) is 0.892. The molecule has 0 radical (unpaired) electrons. The van der Waals surface area contributed by atoms with Gasteiger partial charge in [-0.2, -0.15) is 0 Å². The van der Waals surface area contributed by atoms with Gasteiger partial charge in [0.1, 0.15) is 11.9 Å². The van der Waals surface area contributed by atoms with E-state index in [0.717, 1.165) is 31.0 Å². The van der Waals surface area contributed by atoms with Gasteiger partial charge < -0.3 is 10.1 Å². The van der Waals surface area contributed by atoms with Crippen LogP contribution in [0.4, 0.5) is 0 Å². The number of benzene rings is 1. The molecule has 1 N–H and O–H groups in total. The van der Waals surface area contributed by atoms with Crippen molar-refractivity contribution in [3.63, 3.8) is 0 Å². The Labute approximate surface area is 104 Å². The van der Waals surface area contributed by atoms with Crippen LogP contribution >= 0.6 is 11.5 Å². The van der Waals surface area contributed by atoms with Gasteiger partial charge in [-0.05, 0) is 23.2 Å². The van der Waals surface area contributed by atoms with Crippen molar-refractivity contribution in [1.82, 2.24) is 14.9 Å². The lowest BCUT2D eigenvalue weighted by atomic mass is 10.1. The van der Waals surface area contributed by atoms with Crippen LogP contribution in [0, 0.1) is 0 Å². The van der Waals surface area contributed by atoms with Crippen molar-refractivity contribution in [2.24, 2.45) is 0 Å². The van der Waals surface area contributed by atoms with Gasteiger partial charge in [0.15, 0.2) is 0 Å². The minimum atomic E-state index is 0.235. The number of hydrogen-bond acceptors (Lipinski definition) is 5. The summed E-state index contributed by atoms with van der Waals surface area (Å²) in [5.41, 5.74) is 2.29. The fourth-order valence-electron chi connectivity index (χ4n) is 1.99. The molecule has 3 rings (SSSR count). The molecule has 1 aromatic heterocycles. The molecule has 88 valence electrons. The normalized spacial score (nSPS) is 17.8. The maximum atomic E-state index is 5.83. The number of rotatable bonds is 4. The average molecular weight is 247 g/mol. The Hall–Kier alpha value is -1.46. The summed E-state index contributed by atoms with van der Waals surface area (Å²) >= 11 is 1.38. The van der Waals surface area contributed by atoms with Gasteiger partial charge in [-0.25, -0.2) is 0 Å². The second kappa shape index (κ2) is 4.81. The van der Waals surface area contributed by atoms with Gasteiger partial charge in [0, 0.05) is 24.9 Å². The first-order valence-corrected chi connectivity index (χ1v) is 6.46. The lowest BCUT2D eigenvalue weighted by molar-refractivity contribution is 0.227. The SMILES string of the molecule is c1ccc2c(c1)CC(CNCc1csnn1)O2. The molecule has 0 amide bonds. The van der Waals surface area contributed by atoms with Gasteiger partial charge in [-0.15, -0.1) is 5.10 Å². The lowest BCUT2D eigenvalue weighted by Crippen LogP contribution is -2.29. The zero-order valence-electron chi connectivity index (χ0n) is 9.30. The van der Waals surface area contributed by atoms with E-state index in [2.05, 4.69) is 27.0 Å². The first kappa shape index (κ1) is 10.7. The molecule has 1 unspecified atom stereocenters. The highest BCUT2D eigenvalue weighted by molar-refractivity contribution is 7.03. The van der Waals surface area contributed by atoms with Gasteiger partial charge in [0.25, 0.3) is 0 Å². The zero-order valence-corrected chi connectivity index (χ0v) is 10.1. The average Bonchev–Trinajstić information content (AvgIpc) is 2.96. The maximum absolute atomic E-state index is 5.83. The molecule has 0 saturated carbocycles. The van der Waals surface area contributed by atoms with E-state index in [4.69, 9.17) is 4.74 Å². The highest BCUT2D eigenvalue weighted by Crippen LogP contribution is 2.27. The molecule has 0 spiro atoms. The van der Waals surface area contributed by atoms with Gasteiger partial charge in [-0.3, -0.25) is 0 Å². The Kier molecular flexibility index (Phi) is 3.02. The summed E-state index contributed by atoms with van der Waals surface area (Å²) < 4.78 is 9.66. The van der Waals surface area contributed by atoms with Crippen molar-refractivity contribution < 1.29 is 4.74 Å². The first-order chi connectivity index (χ1) is 8.42. The monoisotopic (exact) mass is 247 g/mol. The number of nitrogens with zero attached hydrogens (tertiary/aromatic N) is 2. The largest absolute Gasteiger partial charge is 0.488 e. The third-order valence-electron chi connectivity index (χ3n) is 2.80. The van der Waals surface area contributed by atoms with Crippen LogP contribution in [0.2, 0.25) is 0 Å². The van der Waals surface area contributed by atoms with Crippen molar-refractivity contribution >= 4 is 11.5 Å². The predicted octanol–water partition coefficient (Wildman–Crippen LogP) is 1.63. The number of fused-ring (bicyclic) bond motifs is 1. The first-order valence-electron chi connectivity index (χ1n) is 5.63. The molecule has 5 heteroatoms. The smallest absolute Gasteiger partial charge is 0.123 e. The van der Waals surface area contributed by atoms with Crippen molar-refractivity contribution in [2.75, 3.05) is 6.54 Å². The summed E-state index contributed by atoms with van der Waals surface area (Å²) in [6.07, 6.45) is 1.22. The summed E-state index contributed by atoms with van der Waals surface area (Å²) in [5.74, 6) is 1.02. The zero-order chi connectivity index (χ0) is 11.5. The highest BCUT2D eigenvalue weighted by atomic mass is 32.1. The predicted molar refractivity (Wildman–Crippen MR) is 66.2 cm³/mol. The molecule has 1 aromatic carbocycles. The summed E-state index contributed by atoms with van der Waals surface area (Å²) in [7, 11) is 0. The van der Waals surface area contributed by atoms with E-state index in [-0.39, 0.29) is 6.10 Å². The Morgan fingerprint density at radius 2 is 2.35 bits per heavy atom. The van der Waals surface area contributed by atoms with Crippen LogP contribution in [-0.2, 0) is 13.0 Å². The van der Waals surface area contributed by atoms with Crippen LogP contribution in [0.1, 0.15) is 11.3 Å². The number of ether oxygens (including phenoxy) is 1. The van der Waals surface area contributed by atoms with Gasteiger partial charge in [0.05, 0.1) is 5.69 Å². The highest BCUT2D eigenvalue weighted by Gasteiger charge is 2.21. The van der Waals surface area contributed by atoms with Crippen LogP contribution in [-0.4, -0.2) is 22.2 Å². The van der Waals surface area contributed by atoms with Crippen LogP contribution < -0.4 is 10.1 Å². The molecule has 0 aliphatic carbocycles. The molecular weight excluding hydrogens is 234 g/mol. The van der Waals surface area contributed by atoms with E-state index in [1.165, 1.54) is 17.1 Å². The fourth-order valence-corrected chi connectivity index (χ4v) is 2.44. The third-order valence-corrected chi connectivity index (χ3v) is 3.35. The summed E-state index contributed by atoms with van der Waals surface area (Å²) in [4.78, 5) is 0. The second-order valence-electron chi connectivity index (χ2n) is 4.08. The molecule has 17 heavy (non-hydrogen) atoms. The van der Waals surface area contributed by atoms with E-state index in [1.807, 2.05) is 17.5 Å². The minimum Gasteiger partial charge on any atom is -0.488 e. The van der Waals surface area contributed by atoms with Crippen molar-refractivity contribution in [3.8, 4) is 5.75 Å². The Morgan fingerprint density at radius 1 is 1.41 bits per heavy atom. The Morgan fingerprint density at radius 3 is 3.18 bits per heavy atom. The van der Waals surface area contributed by atoms with Gasteiger partial charge >= 0.3 is 0 Å². The molecule has 0 bridgehead atoms. The Balaban J connectivity index is 1.49. The topological polar surface area (TPSA) is 47.0 Å². The van der Waals surface area contributed by atoms with Crippen molar-refractivity contribution in [1.29, 1.82) is 0 Å². The van der Waals surface area contributed by atoms with E-state index >= 15 is 0 Å². The molecule has 0 fully saturated rings. The molecule has 1 aliphatic rings. The van der Waals surface area contributed by atoms with Crippen LogP contribution in [0.15, 0.2) is 29.6 Å². The molecule has 1 aliphatic heterocycles. The summed E-state index contributed by atoms with van der Waals surface area (Å²) in [6.45, 7) is 1.60. The van der Waals surface area contributed by atoms with Crippen molar-refractivity contribution in [3.05, 3.63) is 40.9 Å². The van der Waals surface area contributed by atoms with Crippen LogP contribution in [0.3, 0.4) is 0 Å². The van der Waals surface area contributed by atoms with E-state index < -0.39 is 0 Å². The lowest BCUT2D eigenvalue weighted by Gasteiger charge is -2.10. The van der Waals surface area contributed by atoms with Crippen LogP contribution in [0.5, 0.6) is 5.75 Å². The molecule has 2 heterocycles. The van der Waals surface area contributed by atoms with Gasteiger partial charge in [0.2, 0.25) is 0 Å². The number of para-hydroxylation sites is 1. The maximum Gasteiger partial charge on any atom is 0.123 e. The molecular formula is C12H13N3OS. The standard InChI is InChI=1S/C12H13N3OS/c1-2-4-12-9(3-1)5-11(16-12)7-13-6-10-8-17-15-14-10/h1-4,8,11,13H,5-7H2. The molecule has 0 saturated heterocycles. The Bertz CT molecular complexity index is 461. The number of hydrogen-bond donors (Lipinski definition) is 1. The van der Waals surface area contributed by atoms with Gasteiger partial charge in [-0.1, -0.05) is 22.7 Å².